The van der Waals surface area contributed by atoms with E-state index in [2.05, 4.69) is 41.6 Å². The minimum atomic E-state index is 0.470. The maximum absolute atomic E-state index is 8.74. The summed E-state index contributed by atoms with van der Waals surface area (Å²) in [5.41, 5.74) is 4.53. The molecular weight excluding hydrogens is 226 g/mol. The van der Waals surface area contributed by atoms with Crippen molar-refractivity contribution in [3.05, 3.63) is 29.1 Å². The first-order valence-corrected chi connectivity index (χ1v) is 5.99. The van der Waals surface area contributed by atoms with E-state index in [-0.39, 0.29) is 0 Å². The van der Waals surface area contributed by atoms with E-state index in [1.165, 1.54) is 11.1 Å². The molecule has 4 nitrogen and oxygen atoms in total. The van der Waals surface area contributed by atoms with Crippen molar-refractivity contribution in [1.29, 1.82) is 5.26 Å². The Morgan fingerprint density at radius 3 is 2.72 bits per heavy atom. The average molecular weight is 243 g/mol. The molecule has 0 aliphatic rings. The van der Waals surface area contributed by atoms with Crippen LogP contribution in [-0.2, 0) is 17.9 Å². The highest BCUT2D eigenvalue weighted by Crippen LogP contribution is 2.21. The van der Waals surface area contributed by atoms with Gasteiger partial charge in [-0.2, -0.15) is 5.26 Å². The van der Waals surface area contributed by atoms with Crippen LogP contribution in [0.15, 0.2) is 12.1 Å². The zero-order chi connectivity index (χ0) is 13.1. The van der Waals surface area contributed by atoms with Crippen molar-refractivity contribution in [2.75, 3.05) is 7.11 Å². The van der Waals surface area contributed by atoms with Gasteiger partial charge >= 0.3 is 0 Å². The number of nitrogens with zero attached hydrogens (tertiary/aromatic N) is 3. The molecule has 0 aliphatic heterocycles. The van der Waals surface area contributed by atoms with Crippen molar-refractivity contribution in [3.8, 4) is 6.07 Å². The van der Waals surface area contributed by atoms with E-state index < -0.39 is 0 Å². The van der Waals surface area contributed by atoms with Crippen LogP contribution in [0, 0.1) is 25.2 Å². The Hall–Kier alpha value is -1.86. The molecular formula is C14H17N3O. The molecule has 0 unspecified atom stereocenters. The second-order valence-electron chi connectivity index (χ2n) is 4.45. The zero-order valence-electron chi connectivity index (χ0n) is 11.0. The molecule has 0 amide bonds. The average Bonchev–Trinajstić information content (AvgIpc) is 2.65. The standard InChI is InChI=1S/C14H17N3O/c1-10-7-12-13(8-11(10)2)17(6-4-5-15)14(16-12)9-18-3/h7-8H,4,6,9H2,1-3H3. The molecule has 18 heavy (non-hydrogen) atoms. The van der Waals surface area contributed by atoms with E-state index in [1.807, 2.05) is 0 Å². The Morgan fingerprint density at radius 2 is 2.06 bits per heavy atom. The van der Waals surface area contributed by atoms with Crippen LogP contribution in [0.2, 0.25) is 0 Å². The molecule has 0 saturated heterocycles. The quantitative estimate of drug-likeness (QED) is 0.829. The van der Waals surface area contributed by atoms with E-state index in [0.29, 0.717) is 19.6 Å². The number of aromatic nitrogens is 2. The van der Waals surface area contributed by atoms with Gasteiger partial charge in [0.15, 0.2) is 0 Å². The molecule has 0 atom stereocenters. The second-order valence-corrected chi connectivity index (χ2v) is 4.45. The van der Waals surface area contributed by atoms with Gasteiger partial charge in [0.05, 0.1) is 23.5 Å². The van der Waals surface area contributed by atoms with Crippen molar-refractivity contribution >= 4 is 11.0 Å². The van der Waals surface area contributed by atoms with E-state index in [1.54, 1.807) is 7.11 Å². The Balaban J connectivity index is 2.57. The van der Waals surface area contributed by atoms with Crippen LogP contribution in [0.3, 0.4) is 0 Å². The highest BCUT2D eigenvalue weighted by Gasteiger charge is 2.11. The van der Waals surface area contributed by atoms with Crippen molar-refractivity contribution in [3.63, 3.8) is 0 Å². The number of rotatable bonds is 4. The van der Waals surface area contributed by atoms with E-state index >= 15 is 0 Å². The summed E-state index contributed by atoms with van der Waals surface area (Å²) in [6, 6.07) is 6.40. The zero-order valence-corrected chi connectivity index (χ0v) is 11.0. The van der Waals surface area contributed by atoms with Crippen LogP contribution < -0.4 is 0 Å². The lowest BCUT2D eigenvalue weighted by atomic mass is 10.1. The largest absolute Gasteiger partial charge is 0.377 e. The Morgan fingerprint density at radius 1 is 1.33 bits per heavy atom. The number of fused-ring (bicyclic) bond motifs is 1. The Kier molecular flexibility index (Phi) is 3.63. The van der Waals surface area contributed by atoms with Crippen LogP contribution in [0.5, 0.6) is 0 Å². The van der Waals surface area contributed by atoms with Gasteiger partial charge in [0.2, 0.25) is 0 Å². The third-order valence-electron chi connectivity index (χ3n) is 3.16. The summed E-state index contributed by atoms with van der Waals surface area (Å²) in [6.45, 7) is 5.30. The summed E-state index contributed by atoms with van der Waals surface area (Å²) in [7, 11) is 1.66. The summed E-state index contributed by atoms with van der Waals surface area (Å²) < 4.78 is 7.25. The Labute approximate surface area is 107 Å². The minimum absolute atomic E-state index is 0.470. The molecule has 1 aromatic heterocycles. The maximum Gasteiger partial charge on any atom is 0.136 e. The SMILES string of the molecule is COCc1nc2cc(C)c(C)cc2n1CCC#N. The topological polar surface area (TPSA) is 50.8 Å². The Bertz CT molecular complexity index is 608. The number of nitriles is 1. The van der Waals surface area contributed by atoms with Gasteiger partial charge in [0.25, 0.3) is 0 Å². The number of methoxy groups -OCH3 is 1. The van der Waals surface area contributed by atoms with Crippen LogP contribution in [0.4, 0.5) is 0 Å². The van der Waals surface area contributed by atoms with Crippen molar-refractivity contribution in [2.45, 2.75) is 33.4 Å². The molecule has 0 fully saturated rings. The molecule has 0 N–H and O–H groups in total. The summed E-state index contributed by atoms with van der Waals surface area (Å²) in [5, 5.41) is 8.74. The van der Waals surface area contributed by atoms with Gasteiger partial charge in [0, 0.05) is 13.7 Å². The first-order valence-electron chi connectivity index (χ1n) is 5.99. The highest BCUT2D eigenvalue weighted by molar-refractivity contribution is 5.78. The summed E-state index contributed by atoms with van der Waals surface area (Å²) >= 11 is 0. The van der Waals surface area contributed by atoms with E-state index in [4.69, 9.17) is 10.00 Å². The molecule has 0 saturated carbocycles. The third kappa shape index (κ3) is 2.22. The molecule has 4 heteroatoms. The summed E-state index contributed by atoms with van der Waals surface area (Å²) in [6.07, 6.45) is 0.481. The van der Waals surface area contributed by atoms with Crippen molar-refractivity contribution < 1.29 is 4.74 Å². The van der Waals surface area contributed by atoms with E-state index in [0.717, 1.165) is 16.9 Å². The predicted octanol–water partition coefficient (Wildman–Crippen LogP) is 2.71. The number of benzene rings is 1. The fraction of sp³-hybridized carbons (Fsp3) is 0.429. The highest BCUT2D eigenvalue weighted by atomic mass is 16.5. The molecule has 0 aliphatic carbocycles. The lowest BCUT2D eigenvalue weighted by molar-refractivity contribution is 0.174. The monoisotopic (exact) mass is 243 g/mol. The first kappa shape index (κ1) is 12.6. The van der Waals surface area contributed by atoms with Gasteiger partial charge < -0.3 is 9.30 Å². The second kappa shape index (κ2) is 5.19. The molecule has 0 radical (unpaired) electrons. The number of hydrogen-bond donors (Lipinski definition) is 0. The van der Waals surface area contributed by atoms with Gasteiger partial charge in [-0.05, 0) is 37.1 Å². The molecule has 94 valence electrons. The van der Waals surface area contributed by atoms with Crippen molar-refractivity contribution in [1.82, 2.24) is 9.55 Å². The summed E-state index contributed by atoms with van der Waals surface area (Å²) in [4.78, 5) is 4.59. The molecule has 0 bridgehead atoms. The minimum Gasteiger partial charge on any atom is -0.377 e. The fourth-order valence-corrected chi connectivity index (χ4v) is 2.08. The molecule has 1 aromatic carbocycles. The van der Waals surface area contributed by atoms with Crippen LogP contribution in [0.1, 0.15) is 23.4 Å². The normalized spacial score (nSPS) is 10.8. The van der Waals surface area contributed by atoms with Gasteiger partial charge in [-0.3, -0.25) is 0 Å². The van der Waals surface area contributed by atoms with Gasteiger partial charge in [-0.25, -0.2) is 4.98 Å². The smallest absolute Gasteiger partial charge is 0.136 e. The third-order valence-corrected chi connectivity index (χ3v) is 3.16. The number of aryl methyl sites for hydroxylation is 3. The number of imidazole rings is 1. The van der Waals surface area contributed by atoms with Gasteiger partial charge in [-0.15, -0.1) is 0 Å². The maximum atomic E-state index is 8.74. The first-order chi connectivity index (χ1) is 8.67. The number of hydrogen-bond acceptors (Lipinski definition) is 3. The molecule has 2 rings (SSSR count). The lowest BCUT2D eigenvalue weighted by Crippen LogP contribution is -2.04. The molecule has 0 spiro atoms. The van der Waals surface area contributed by atoms with Gasteiger partial charge in [0.1, 0.15) is 12.4 Å². The van der Waals surface area contributed by atoms with Gasteiger partial charge in [-0.1, -0.05) is 0 Å². The van der Waals surface area contributed by atoms with Crippen LogP contribution in [0.25, 0.3) is 11.0 Å². The molecule has 1 heterocycles. The lowest BCUT2D eigenvalue weighted by Gasteiger charge is -2.07. The van der Waals surface area contributed by atoms with Crippen LogP contribution >= 0.6 is 0 Å². The fourth-order valence-electron chi connectivity index (χ4n) is 2.08. The predicted molar refractivity (Wildman–Crippen MR) is 70.2 cm³/mol. The van der Waals surface area contributed by atoms with E-state index in [9.17, 15) is 0 Å². The van der Waals surface area contributed by atoms with Crippen molar-refractivity contribution in [2.24, 2.45) is 0 Å². The van der Waals surface area contributed by atoms with Crippen LogP contribution in [-0.4, -0.2) is 16.7 Å². The summed E-state index contributed by atoms with van der Waals surface area (Å²) in [5.74, 6) is 0.882. The molecule has 2 aromatic rings. The number of ether oxygens (including phenoxy) is 1.